The first kappa shape index (κ1) is 13.6. The van der Waals surface area contributed by atoms with Crippen LogP contribution in [0.2, 0.25) is 0 Å². The molecule has 0 saturated heterocycles. The van der Waals surface area contributed by atoms with Crippen molar-refractivity contribution in [2.45, 2.75) is 25.1 Å². The summed E-state index contributed by atoms with van der Waals surface area (Å²) in [5.74, 6) is 0. The van der Waals surface area contributed by atoms with Crippen LogP contribution in [0.15, 0.2) is 30.3 Å². The van der Waals surface area contributed by atoms with Crippen LogP contribution in [0.1, 0.15) is 25.0 Å². The largest absolute Gasteiger partial charge is 0.489 e. The smallest absolute Gasteiger partial charge is 0.423 e. The second-order valence-corrected chi connectivity index (χ2v) is 7.03. The van der Waals surface area contributed by atoms with Gasteiger partial charge in [0.2, 0.25) is 0 Å². The van der Waals surface area contributed by atoms with Crippen LogP contribution in [0.5, 0.6) is 0 Å². The molecule has 0 aliphatic heterocycles. The summed E-state index contributed by atoms with van der Waals surface area (Å²) < 4.78 is -0.305. The Balaban J connectivity index is 2.93. The lowest BCUT2D eigenvalue weighted by molar-refractivity contribution is 0.425. The normalized spacial score (nSPS) is 11.9. The van der Waals surface area contributed by atoms with E-state index < -0.39 is 7.12 Å². The van der Waals surface area contributed by atoms with Crippen molar-refractivity contribution in [3.63, 3.8) is 0 Å². The van der Waals surface area contributed by atoms with Gasteiger partial charge in [-0.25, -0.2) is 0 Å². The quantitative estimate of drug-likeness (QED) is 0.661. The molecular weight excluding hydrogens is 291 g/mol. The second-order valence-electron chi connectivity index (χ2n) is 5.05. The molecule has 0 aromatic heterocycles. The van der Waals surface area contributed by atoms with Gasteiger partial charge in [0.25, 0.3) is 0 Å². The Labute approximate surface area is 116 Å². The summed E-state index contributed by atoms with van der Waals surface area (Å²) in [6, 6.07) is 9.85. The zero-order chi connectivity index (χ0) is 13.5. The Kier molecular flexibility index (Phi) is 3.54. The molecule has 2 rings (SSSR count). The molecule has 94 valence electrons. The van der Waals surface area contributed by atoms with Gasteiger partial charge in [0.05, 0.1) is 0 Å². The van der Waals surface area contributed by atoms with E-state index in [1.807, 2.05) is 45.0 Å². The molecule has 2 aromatic rings. The average Bonchev–Trinajstić information content (AvgIpc) is 2.25. The summed E-state index contributed by atoms with van der Waals surface area (Å²) in [5.41, 5.74) is 2.59. The van der Waals surface area contributed by atoms with Crippen LogP contribution < -0.4 is 5.46 Å². The van der Waals surface area contributed by atoms with Gasteiger partial charge in [-0.1, -0.05) is 46.3 Å². The highest BCUT2D eigenvalue weighted by molar-refractivity contribution is 9.09. The first-order valence-corrected chi connectivity index (χ1v) is 6.69. The third-order valence-electron chi connectivity index (χ3n) is 3.14. The third kappa shape index (κ3) is 2.33. The van der Waals surface area contributed by atoms with Gasteiger partial charge in [-0.2, -0.15) is 0 Å². The Bertz CT molecular complexity index is 588. The number of rotatable bonds is 2. The fraction of sp³-hybridized carbons (Fsp3) is 0.286. The van der Waals surface area contributed by atoms with Crippen LogP contribution in [-0.2, 0) is 4.32 Å². The molecule has 0 unspecified atom stereocenters. The molecule has 2 N–H and O–H groups in total. The van der Waals surface area contributed by atoms with E-state index in [0.717, 1.165) is 21.9 Å². The Hall–Kier alpha value is -0.835. The summed E-state index contributed by atoms with van der Waals surface area (Å²) >= 11 is 3.62. The second kappa shape index (κ2) is 4.69. The molecule has 0 bridgehead atoms. The van der Waals surface area contributed by atoms with Crippen LogP contribution in [0.3, 0.4) is 0 Å². The van der Waals surface area contributed by atoms with E-state index in [1.54, 1.807) is 0 Å². The maximum Gasteiger partial charge on any atom is 0.489 e. The molecule has 0 fully saturated rings. The molecule has 0 aliphatic rings. The summed E-state index contributed by atoms with van der Waals surface area (Å²) in [7, 11) is -1.47. The molecule has 18 heavy (non-hydrogen) atoms. The predicted molar refractivity (Wildman–Crippen MR) is 80.5 cm³/mol. The van der Waals surface area contributed by atoms with Gasteiger partial charge in [-0.05, 0) is 48.1 Å². The van der Waals surface area contributed by atoms with Crippen molar-refractivity contribution < 1.29 is 10.0 Å². The molecule has 0 saturated carbocycles. The maximum atomic E-state index is 9.73. The van der Waals surface area contributed by atoms with Crippen LogP contribution in [-0.4, -0.2) is 17.2 Å². The average molecular weight is 307 g/mol. The minimum Gasteiger partial charge on any atom is -0.423 e. The van der Waals surface area contributed by atoms with Crippen molar-refractivity contribution >= 4 is 39.3 Å². The van der Waals surface area contributed by atoms with Crippen LogP contribution in [0, 0.1) is 6.92 Å². The van der Waals surface area contributed by atoms with Crippen molar-refractivity contribution in [2.24, 2.45) is 0 Å². The highest BCUT2D eigenvalue weighted by atomic mass is 79.9. The minimum atomic E-state index is -1.47. The van der Waals surface area contributed by atoms with Gasteiger partial charge in [0.15, 0.2) is 0 Å². The van der Waals surface area contributed by atoms with E-state index in [9.17, 15) is 10.0 Å². The highest BCUT2D eigenvalue weighted by Crippen LogP contribution is 2.33. The van der Waals surface area contributed by atoms with E-state index in [2.05, 4.69) is 22.0 Å². The van der Waals surface area contributed by atoms with E-state index in [0.29, 0.717) is 5.46 Å². The topological polar surface area (TPSA) is 40.5 Å². The number of hydrogen-bond acceptors (Lipinski definition) is 2. The Morgan fingerprint density at radius 2 is 1.78 bits per heavy atom. The lowest BCUT2D eigenvalue weighted by Crippen LogP contribution is -2.37. The molecule has 0 spiro atoms. The molecule has 0 amide bonds. The molecular formula is C14H16BBrO2. The lowest BCUT2D eigenvalue weighted by atomic mass is 9.70. The predicted octanol–water partition coefficient (Wildman–Crippen LogP) is 2.46. The maximum absolute atomic E-state index is 9.73. The molecule has 0 aliphatic carbocycles. The summed E-state index contributed by atoms with van der Waals surface area (Å²) in [6.45, 7) is 6.02. The monoisotopic (exact) mass is 306 g/mol. The van der Waals surface area contributed by atoms with Gasteiger partial charge < -0.3 is 10.0 Å². The van der Waals surface area contributed by atoms with Crippen molar-refractivity contribution in [2.75, 3.05) is 0 Å². The zero-order valence-corrected chi connectivity index (χ0v) is 12.3. The van der Waals surface area contributed by atoms with Crippen molar-refractivity contribution in [3.05, 3.63) is 41.5 Å². The van der Waals surface area contributed by atoms with E-state index in [-0.39, 0.29) is 4.32 Å². The molecule has 0 heterocycles. The Morgan fingerprint density at radius 3 is 2.33 bits per heavy atom. The van der Waals surface area contributed by atoms with Crippen molar-refractivity contribution in [1.29, 1.82) is 0 Å². The number of fused-ring (bicyclic) bond motifs is 1. The summed E-state index contributed by atoms with van der Waals surface area (Å²) in [4.78, 5) is 0. The number of alkyl halides is 1. The summed E-state index contributed by atoms with van der Waals surface area (Å²) in [5, 5.41) is 21.4. The lowest BCUT2D eigenvalue weighted by Gasteiger charge is -2.25. The molecule has 0 atom stereocenters. The Morgan fingerprint density at radius 1 is 1.17 bits per heavy atom. The van der Waals surface area contributed by atoms with Crippen molar-refractivity contribution in [3.8, 4) is 0 Å². The minimum absolute atomic E-state index is 0.305. The molecule has 2 nitrogen and oxygen atoms in total. The fourth-order valence-corrected chi connectivity index (χ4v) is 3.10. The van der Waals surface area contributed by atoms with Gasteiger partial charge in [0.1, 0.15) is 0 Å². The number of aryl methyl sites for hydroxylation is 1. The van der Waals surface area contributed by atoms with E-state index in [4.69, 9.17) is 0 Å². The van der Waals surface area contributed by atoms with Crippen LogP contribution in [0.4, 0.5) is 0 Å². The fourth-order valence-electron chi connectivity index (χ4n) is 2.58. The standard InChI is InChI=1S/C14H16BBrO2/c1-9-8-10-6-4-5-7-11(10)13(15(17)18)12(9)14(2,3)16/h4-8,17-18H,1-3H3. The van der Waals surface area contributed by atoms with Crippen LogP contribution >= 0.6 is 15.9 Å². The van der Waals surface area contributed by atoms with Gasteiger partial charge >= 0.3 is 7.12 Å². The van der Waals surface area contributed by atoms with Crippen LogP contribution in [0.25, 0.3) is 10.8 Å². The number of hydrogen-bond donors (Lipinski definition) is 2. The van der Waals surface area contributed by atoms with E-state index in [1.165, 1.54) is 0 Å². The van der Waals surface area contributed by atoms with Gasteiger partial charge in [-0.15, -0.1) is 0 Å². The first-order valence-electron chi connectivity index (χ1n) is 5.90. The first-order chi connectivity index (χ1) is 8.32. The molecule has 4 heteroatoms. The summed E-state index contributed by atoms with van der Waals surface area (Å²) in [6.07, 6.45) is 0. The molecule has 2 aromatic carbocycles. The number of benzene rings is 2. The highest BCUT2D eigenvalue weighted by Gasteiger charge is 2.29. The van der Waals surface area contributed by atoms with Gasteiger partial charge in [-0.3, -0.25) is 0 Å². The zero-order valence-electron chi connectivity index (χ0n) is 10.7. The van der Waals surface area contributed by atoms with E-state index >= 15 is 0 Å². The van der Waals surface area contributed by atoms with Crippen molar-refractivity contribution in [1.82, 2.24) is 0 Å². The number of halogens is 1. The SMILES string of the molecule is Cc1cc2ccccc2c(B(O)O)c1C(C)(C)Br. The van der Waals surface area contributed by atoms with Gasteiger partial charge in [0, 0.05) is 4.32 Å². The molecule has 0 radical (unpaired) electrons. The third-order valence-corrected chi connectivity index (χ3v) is 3.54.